The lowest BCUT2D eigenvalue weighted by Crippen LogP contribution is -2.27. The second-order valence-corrected chi connectivity index (χ2v) is 6.47. The van der Waals surface area contributed by atoms with Gasteiger partial charge in [-0.25, -0.2) is 9.48 Å². The zero-order valence-electron chi connectivity index (χ0n) is 16.0. The minimum atomic E-state index is -0.723. The van der Waals surface area contributed by atoms with Gasteiger partial charge in [-0.3, -0.25) is 9.59 Å². The maximum absolute atomic E-state index is 12.6. The number of rotatable bonds is 7. The number of aryl methyl sites for hydroxylation is 2. The summed E-state index contributed by atoms with van der Waals surface area (Å²) in [6.07, 6.45) is 1.58. The molecule has 0 radical (unpaired) electrons. The molecule has 0 bridgehead atoms. The van der Waals surface area contributed by atoms with Gasteiger partial charge in [0.25, 0.3) is 5.56 Å². The van der Waals surface area contributed by atoms with Gasteiger partial charge < -0.3 is 4.74 Å². The summed E-state index contributed by atoms with van der Waals surface area (Å²) in [5.41, 5.74) is 1.40. The Morgan fingerprint density at radius 2 is 1.68 bits per heavy atom. The largest absolute Gasteiger partial charge is 0.452 e. The molecule has 6 nitrogen and oxygen atoms in total. The fraction of sp³-hybridized carbons (Fsp3) is 0.273. The van der Waals surface area contributed by atoms with Crippen molar-refractivity contribution in [2.75, 3.05) is 6.61 Å². The number of aromatic nitrogens is 2. The molecule has 3 aromatic rings. The summed E-state index contributed by atoms with van der Waals surface area (Å²) in [5.74, 6) is -1.01. The first kappa shape index (κ1) is 19.5. The summed E-state index contributed by atoms with van der Waals surface area (Å²) in [4.78, 5) is 37.4. The zero-order valence-corrected chi connectivity index (χ0v) is 16.0. The van der Waals surface area contributed by atoms with Gasteiger partial charge in [-0.1, -0.05) is 56.3 Å². The Morgan fingerprint density at radius 1 is 1.00 bits per heavy atom. The predicted molar refractivity (Wildman–Crippen MR) is 107 cm³/mol. The van der Waals surface area contributed by atoms with Gasteiger partial charge in [0.15, 0.2) is 18.1 Å². The maximum atomic E-state index is 12.6. The van der Waals surface area contributed by atoms with Gasteiger partial charge in [-0.2, -0.15) is 5.10 Å². The number of benzene rings is 2. The standard InChI is InChI=1S/C22H22N2O4/c1-3-13-24-21(26)18-8-6-5-7-17(18)20(23-24)22(27)28-14-19(25)16-11-9-15(4-2)10-12-16/h5-12H,3-4,13-14H2,1-2H3. The number of ketones is 1. The highest BCUT2D eigenvalue weighted by atomic mass is 16.5. The second-order valence-electron chi connectivity index (χ2n) is 6.47. The van der Waals surface area contributed by atoms with Crippen molar-refractivity contribution >= 4 is 22.5 Å². The maximum Gasteiger partial charge on any atom is 0.359 e. The van der Waals surface area contributed by atoms with E-state index in [0.717, 1.165) is 12.0 Å². The summed E-state index contributed by atoms with van der Waals surface area (Å²) in [6.45, 7) is 3.97. The van der Waals surface area contributed by atoms with Crippen LogP contribution >= 0.6 is 0 Å². The molecule has 0 fully saturated rings. The second kappa shape index (κ2) is 8.61. The Balaban J connectivity index is 1.83. The number of carbonyl (C=O) groups excluding carboxylic acids is 2. The van der Waals surface area contributed by atoms with Gasteiger partial charge in [0.1, 0.15) is 0 Å². The molecule has 0 N–H and O–H groups in total. The highest BCUT2D eigenvalue weighted by molar-refractivity contribution is 6.04. The van der Waals surface area contributed by atoms with E-state index in [9.17, 15) is 14.4 Å². The van der Waals surface area contributed by atoms with Crippen LogP contribution in [-0.2, 0) is 17.7 Å². The van der Waals surface area contributed by atoms with Crippen molar-refractivity contribution < 1.29 is 14.3 Å². The van der Waals surface area contributed by atoms with Crippen LogP contribution in [0.3, 0.4) is 0 Å². The van der Waals surface area contributed by atoms with E-state index in [4.69, 9.17) is 4.74 Å². The van der Waals surface area contributed by atoms with Gasteiger partial charge in [-0.15, -0.1) is 0 Å². The van der Waals surface area contributed by atoms with Gasteiger partial charge in [0.05, 0.1) is 5.39 Å². The van der Waals surface area contributed by atoms with E-state index in [1.54, 1.807) is 36.4 Å². The summed E-state index contributed by atoms with van der Waals surface area (Å²) >= 11 is 0. The number of nitrogens with zero attached hydrogens (tertiary/aromatic N) is 2. The molecule has 0 saturated heterocycles. The third-order valence-corrected chi connectivity index (χ3v) is 4.52. The highest BCUT2D eigenvalue weighted by Crippen LogP contribution is 2.15. The molecule has 0 spiro atoms. The third kappa shape index (κ3) is 4.01. The minimum absolute atomic E-state index is 0.0396. The Bertz CT molecular complexity index is 1070. The molecule has 6 heteroatoms. The van der Waals surface area contributed by atoms with E-state index >= 15 is 0 Å². The normalized spacial score (nSPS) is 10.8. The average molecular weight is 378 g/mol. The van der Waals surface area contributed by atoms with Crippen LogP contribution in [0.2, 0.25) is 0 Å². The molecule has 0 amide bonds. The lowest BCUT2D eigenvalue weighted by Gasteiger charge is -2.10. The SMILES string of the molecule is CCCn1nc(C(=O)OCC(=O)c2ccc(CC)cc2)c2ccccc2c1=O. The predicted octanol–water partition coefficient (Wildman–Crippen LogP) is 3.41. The third-order valence-electron chi connectivity index (χ3n) is 4.52. The first-order valence-electron chi connectivity index (χ1n) is 9.34. The van der Waals surface area contributed by atoms with E-state index in [2.05, 4.69) is 5.10 Å². The molecule has 0 aliphatic heterocycles. The molecular formula is C22H22N2O4. The topological polar surface area (TPSA) is 78.3 Å². The van der Waals surface area contributed by atoms with Crippen LogP contribution in [0.15, 0.2) is 53.3 Å². The Labute approximate surface area is 162 Å². The van der Waals surface area contributed by atoms with E-state index < -0.39 is 5.97 Å². The van der Waals surface area contributed by atoms with Crippen LogP contribution in [-0.4, -0.2) is 28.1 Å². The van der Waals surface area contributed by atoms with Crippen LogP contribution in [0.25, 0.3) is 10.8 Å². The quantitative estimate of drug-likeness (QED) is 0.465. The molecule has 0 saturated carbocycles. The van der Waals surface area contributed by atoms with Crippen molar-refractivity contribution in [2.45, 2.75) is 33.2 Å². The van der Waals surface area contributed by atoms with Crippen LogP contribution < -0.4 is 5.56 Å². The van der Waals surface area contributed by atoms with Gasteiger partial charge in [-0.05, 0) is 24.5 Å². The van der Waals surface area contributed by atoms with Crippen molar-refractivity contribution in [3.63, 3.8) is 0 Å². The van der Waals surface area contributed by atoms with E-state index in [1.165, 1.54) is 4.68 Å². The molecule has 2 aromatic carbocycles. The van der Waals surface area contributed by atoms with Crippen LogP contribution in [0.1, 0.15) is 46.7 Å². The van der Waals surface area contributed by atoms with Gasteiger partial charge in [0, 0.05) is 17.5 Å². The molecule has 1 heterocycles. The first-order valence-corrected chi connectivity index (χ1v) is 9.34. The minimum Gasteiger partial charge on any atom is -0.452 e. The van der Waals surface area contributed by atoms with Gasteiger partial charge >= 0.3 is 5.97 Å². The van der Waals surface area contributed by atoms with E-state index in [-0.39, 0.29) is 23.6 Å². The lowest BCUT2D eigenvalue weighted by atomic mass is 10.1. The zero-order chi connectivity index (χ0) is 20.1. The van der Waals surface area contributed by atoms with Crippen molar-refractivity contribution in [3.05, 3.63) is 75.7 Å². The fourth-order valence-electron chi connectivity index (χ4n) is 2.96. The highest BCUT2D eigenvalue weighted by Gasteiger charge is 2.19. The van der Waals surface area contributed by atoms with Gasteiger partial charge in [0.2, 0.25) is 0 Å². The molecule has 0 aliphatic rings. The summed E-state index contributed by atoms with van der Waals surface area (Å²) in [5, 5.41) is 5.00. The smallest absolute Gasteiger partial charge is 0.359 e. The molecule has 144 valence electrons. The molecule has 0 aliphatic carbocycles. The lowest BCUT2D eigenvalue weighted by molar-refractivity contribution is 0.0468. The number of hydrogen-bond acceptors (Lipinski definition) is 5. The fourth-order valence-corrected chi connectivity index (χ4v) is 2.96. The molecule has 0 atom stereocenters. The molecular weight excluding hydrogens is 356 g/mol. The average Bonchev–Trinajstić information content (AvgIpc) is 2.74. The number of esters is 1. The molecule has 28 heavy (non-hydrogen) atoms. The Morgan fingerprint density at radius 3 is 2.32 bits per heavy atom. The number of fused-ring (bicyclic) bond motifs is 1. The summed E-state index contributed by atoms with van der Waals surface area (Å²) in [6, 6.07) is 14.0. The number of Topliss-reactive ketones (excluding diaryl/α,β-unsaturated/α-hetero) is 1. The molecule has 0 unspecified atom stereocenters. The van der Waals surface area contributed by atoms with Crippen molar-refractivity contribution in [3.8, 4) is 0 Å². The molecule has 1 aromatic heterocycles. The van der Waals surface area contributed by atoms with E-state index in [0.29, 0.717) is 29.3 Å². The monoisotopic (exact) mass is 378 g/mol. The van der Waals surface area contributed by atoms with Crippen molar-refractivity contribution in [2.24, 2.45) is 0 Å². The molecule has 3 rings (SSSR count). The summed E-state index contributed by atoms with van der Waals surface area (Å²) < 4.78 is 6.48. The number of carbonyl (C=O) groups is 2. The van der Waals surface area contributed by atoms with Crippen LogP contribution in [0.5, 0.6) is 0 Å². The van der Waals surface area contributed by atoms with Crippen molar-refractivity contribution in [1.29, 1.82) is 0 Å². The van der Waals surface area contributed by atoms with Crippen LogP contribution in [0, 0.1) is 0 Å². The Kier molecular flexibility index (Phi) is 5.99. The number of ether oxygens (including phenoxy) is 1. The first-order chi connectivity index (χ1) is 13.5. The van der Waals surface area contributed by atoms with Crippen LogP contribution in [0.4, 0.5) is 0 Å². The van der Waals surface area contributed by atoms with E-state index in [1.807, 2.05) is 26.0 Å². The number of hydrogen-bond donors (Lipinski definition) is 0. The summed E-state index contributed by atoms with van der Waals surface area (Å²) in [7, 11) is 0. The van der Waals surface area contributed by atoms with Crippen molar-refractivity contribution in [1.82, 2.24) is 9.78 Å². The Hall–Kier alpha value is -3.28.